The van der Waals surface area contributed by atoms with Gasteiger partial charge < -0.3 is 15.6 Å². The molecule has 2 atom stereocenters. The molecule has 7 heteroatoms. The molecule has 1 aliphatic rings. The van der Waals surface area contributed by atoms with E-state index in [2.05, 4.69) is 15.6 Å². The van der Waals surface area contributed by atoms with Gasteiger partial charge in [-0.15, -0.1) is 0 Å². The van der Waals surface area contributed by atoms with E-state index in [-0.39, 0.29) is 18.5 Å². The average Bonchev–Trinajstić information content (AvgIpc) is 3.40. The molecule has 7 nitrogen and oxygen atoms in total. The number of para-hydroxylation sites is 1. The molecule has 0 saturated carbocycles. The van der Waals surface area contributed by atoms with Crippen LogP contribution in [-0.2, 0) is 16.0 Å². The topological polar surface area (TPSA) is 94.3 Å². The summed E-state index contributed by atoms with van der Waals surface area (Å²) in [6, 6.07) is 24.3. The Balaban J connectivity index is 1.19. The summed E-state index contributed by atoms with van der Waals surface area (Å²) in [6.45, 7) is 1.56. The number of H-pyrrole nitrogens is 1. The molecule has 1 saturated heterocycles. The van der Waals surface area contributed by atoms with E-state index in [0.29, 0.717) is 6.42 Å². The lowest BCUT2D eigenvalue weighted by atomic mass is 10.0. The lowest BCUT2D eigenvalue weighted by Crippen LogP contribution is -2.42. The first-order valence-corrected chi connectivity index (χ1v) is 11.6. The quantitative estimate of drug-likeness (QED) is 0.357. The van der Waals surface area contributed by atoms with Gasteiger partial charge in [0, 0.05) is 23.5 Å². The van der Waals surface area contributed by atoms with Crippen molar-refractivity contribution in [2.45, 2.75) is 25.4 Å². The van der Waals surface area contributed by atoms with E-state index in [1.807, 2.05) is 92.0 Å². The van der Waals surface area contributed by atoms with Crippen molar-refractivity contribution in [3.63, 3.8) is 0 Å². The summed E-state index contributed by atoms with van der Waals surface area (Å²) in [4.78, 5) is 42.2. The van der Waals surface area contributed by atoms with Gasteiger partial charge in [0.15, 0.2) is 0 Å². The second kappa shape index (κ2) is 9.46. The molecule has 3 N–H and O–H groups in total. The lowest BCUT2D eigenvalue weighted by molar-refractivity contribution is -0.132. The van der Waals surface area contributed by atoms with Crippen LogP contribution < -0.4 is 10.6 Å². The van der Waals surface area contributed by atoms with Gasteiger partial charge in [-0.25, -0.2) is 4.79 Å². The molecule has 1 fully saturated rings. The molecule has 0 radical (unpaired) electrons. The Bertz CT molecular complexity index is 1380. The molecule has 4 aromatic rings. The number of fused-ring (bicyclic) bond motifs is 1. The minimum atomic E-state index is -0.697. The Hall–Kier alpha value is -4.39. The summed E-state index contributed by atoms with van der Waals surface area (Å²) in [6.07, 6.45) is 2.21. The molecule has 0 spiro atoms. The molecule has 4 amide bonds. The van der Waals surface area contributed by atoms with Gasteiger partial charge in [-0.05, 0) is 35.2 Å². The average molecular weight is 467 g/mol. The minimum absolute atomic E-state index is 0.268. The van der Waals surface area contributed by atoms with E-state index in [9.17, 15) is 14.4 Å². The molecular weight excluding hydrogens is 440 g/mol. The number of carbonyl (C=O) groups is 3. The fourth-order valence-electron chi connectivity index (χ4n) is 4.49. The summed E-state index contributed by atoms with van der Waals surface area (Å²) >= 11 is 0. The Labute approximate surface area is 203 Å². The highest BCUT2D eigenvalue weighted by atomic mass is 16.2. The first-order chi connectivity index (χ1) is 17.0. The molecule has 1 aliphatic heterocycles. The lowest BCUT2D eigenvalue weighted by Gasteiger charge is -2.18. The zero-order valence-corrected chi connectivity index (χ0v) is 19.3. The molecule has 35 heavy (non-hydrogen) atoms. The van der Waals surface area contributed by atoms with Crippen LogP contribution in [0.1, 0.15) is 24.1 Å². The molecule has 0 aliphatic carbocycles. The fourth-order valence-corrected chi connectivity index (χ4v) is 4.49. The number of amides is 4. The smallest absolute Gasteiger partial charge is 0.325 e. The van der Waals surface area contributed by atoms with Crippen molar-refractivity contribution in [2.24, 2.45) is 0 Å². The Morgan fingerprint density at radius 1 is 0.943 bits per heavy atom. The first-order valence-electron chi connectivity index (χ1n) is 11.6. The largest absolute Gasteiger partial charge is 0.361 e. The van der Waals surface area contributed by atoms with Gasteiger partial charge in [0.25, 0.3) is 5.91 Å². The summed E-state index contributed by atoms with van der Waals surface area (Å²) in [7, 11) is 0. The van der Waals surface area contributed by atoms with E-state index in [1.54, 1.807) is 0 Å². The van der Waals surface area contributed by atoms with Gasteiger partial charge in [0.1, 0.15) is 12.6 Å². The highest BCUT2D eigenvalue weighted by molar-refractivity contribution is 6.06. The number of hydrogen-bond acceptors (Lipinski definition) is 3. The summed E-state index contributed by atoms with van der Waals surface area (Å²) in [5, 5.41) is 6.61. The SMILES string of the molecule is C[C@H](NC(=O)CN1C(=O)N[C@@H](Cc2c[nH]c3ccccc23)C1=O)c1ccc(-c2ccccc2)cc1. The molecular formula is C28H26N4O3. The number of hydrogen-bond donors (Lipinski definition) is 3. The number of benzene rings is 3. The second-order valence-corrected chi connectivity index (χ2v) is 8.77. The maximum absolute atomic E-state index is 12.9. The van der Waals surface area contributed by atoms with Crippen molar-refractivity contribution in [1.29, 1.82) is 0 Å². The van der Waals surface area contributed by atoms with Gasteiger partial charge in [-0.3, -0.25) is 14.5 Å². The highest BCUT2D eigenvalue weighted by Gasteiger charge is 2.39. The maximum atomic E-state index is 12.9. The zero-order chi connectivity index (χ0) is 24.4. The number of rotatable bonds is 7. The minimum Gasteiger partial charge on any atom is -0.361 e. The maximum Gasteiger partial charge on any atom is 0.325 e. The van der Waals surface area contributed by atoms with E-state index >= 15 is 0 Å². The zero-order valence-electron chi connectivity index (χ0n) is 19.3. The molecule has 0 unspecified atom stereocenters. The van der Waals surface area contributed by atoms with Gasteiger partial charge >= 0.3 is 6.03 Å². The van der Waals surface area contributed by atoms with Gasteiger partial charge in [-0.2, -0.15) is 0 Å². The molecule has 3 aromatic carbocycles. The number of nitrogens with zero attached hydrogens (tertiary/aromatic N) is 1. The van der Waals surface area contributed by atoms with Crippen LogP contribution in [0.2, 0.25) is 0 Å². The molecule has 176 valence electrons. The van der Waals surface area contributed by atoms with Crippen LogP contribution in [0.15, 0.2) is 85.1 Å². The van der Waals surface area contributed by atoms with Gasteiger partial charge in [-0.1, -0.05) is 72.8 Å². The predicted molar refractivity (Wildman–Crippen MR) is 134 cm³/mol. The second-order valence-electron chi connectivity index (χ2n) is 8.77. The van der Waals surface area contributed by atoms with Crippen molar-refractivity contribution in [3.8, 4) is 11.1 Å². The van der Waals surface area contributed by atoms with Crippen LogP contribution in [0, 0.1) is 0 Å². The summed E-state index contributed by atoms with van der Waals surface area (Å²) in [5.74, 6) is -0.781. The van der Waals surface area contributed by atoms with E-state index in [1.165, 1.54) is 0 Å². The van der Waals surface area contributed by atoms with Crippen molar-refractivity contribution in [1.82, 2.24) is 20.5 Å². The number of aromatic nitrogens is 1. The monoisotopic (exact) mass is 466 g/mol. The van der Waals surface area contributed by atoms with Gasteiger partial charge in [0.2, 0.25) is 5.91 Å². The normalized spacial score (nSPS) is 16.4. The van der Waals surface area contributed by atoms with Crippen LogP contribution in [0.4, 0.5) is 4.79 Å². The number of carbonyl (C=O) groups excluding carboxylic acids is 3. The van der Waals surface area contributed by atoms with Crippen molar-refractivity contribution in [2.75, 3.05) is 6.54 Å². The van der Waals surface area contributed by atoms with E-state index < -0.39 is 18.0 Å². The fraction of sp³-hybridized carbons (Fsp3) is 0.179. The number of imide groups is 1. The summed E-state index contributed by atoms with van der Waals surface area (Å²) in [5.41, 5.74) is 5.07. The highest BCUT2D eigenvalue weighted by Crippen LogP contribution is 2.23. The van der Waals surface area contributed by atoms with Crippen LogP contribution >= 0.6 is 0 Å². The van der Waals surface area contributed by atoms with Crippen LogP contribution in [0.3, 0.4) is 0 Å². The molecule has 1 aromatic heterocycles. The number of nitrogens with one attached hydrogen (secondary N) is 3. The number of aromatic amines is 1. The van der Waals surface area contributed by atoms with E-state index in [4.69, 9.17) is 0 Å². The van der Waals surface area contributed by atoms with Crippen LogP contribution in [-0.4, -0.2) is 40.3 Å². The van der Waals surface area contributed by atoms with Crippen LogP contribution in [0.5, 0.6) is 0 Å². The third-order valence-electron chi connectivity index (χ3n) is 6.40. The van der Waals surface area contributed by atoms with Crippen LogP contribution in [0.25, 0.3) is 22.0 Å². The molecule has 5 rings (SSSR count). The number of urea groups is 1. The van der Waals surface area contributed by atoms with E-state index in [0.717, 1.165) is 38.1 Å². The van der Waals surface area contributed by atoms with Crippen molar-refractivity contribution in [3.05, 3.63) is 96.2 Å². The summed E-state index contributed by atoms with van der Waals surface area (Å²) < 4.78 is 0. The third-order valence-corrected chi connectivity index (χ3v) is 6.40. The Morgan fingerprint density at radius 2 is 1.63 bits per heavy atom. The standard InChI is InChI=1S/C28H26N4O3/c1-18(19-11-13-21(14-12-19)20-7-3-2-4-8-20)30-26(33)17-32-27(34)25(31-28(32)35)15-22-16-29-24-10-6-5-9-23(22)24/h2-14,16,18,25,29H,15,17H2,1H3,(H,30,33)(H,31,35)/t18-,25-/m0/s1. The first kappa shape index (κ1) is 22.4. The molecule has 0 bridgehead atoms. The molecule has 2 heterocycles. The predicted octanol–water partition coefficient (Wildman–Crippen LogP) is 4.18. The van der Waals surface area contributed by atoms with Gasteiger partial charge in [0.05, 0.1) is 6.04 Å². The third kappa shape index (κ3) is 4.66. The van der Waals surface area contributed by atoms with Crippen molar-refractivity contribution >= 4 is 28.7 Å². The van der Waals surface area contributed by atoms with Crippen molar-refractivity contribution < 1.29 is 14.4 Å². The Kier molecular flexibility index (Phi) is 6.06. The Morgan fingerprint density at radius 3 is 2.40 bits per heavy atom.